The van der Waals surface area contributed by atoms with Gasteiger partial charge < -0.3 is 5.32 Å². The van der Waals surface area contributed by atoms with Crippen LogP contribution in [0.2, 0.25) is 5.02 Å². The third-order valence-corrected chi connectivity index (χ3v) is 8.68. The second-order valence-electron chi connectivity index (χ2n) is 8.65. The Morgan fingerprint density at radius 2 is 2.03 bits per heavy atom. The lowest BCUT2D eigenvalue weighted by Gasteiger charge is -2.17. The number of rotatable bonds is 5. The van der Waals surface area contributed by atoms with E-state index in [2.05, 4.69) is 12.2 Å². The molecule has 1 aliphatic rings. The van der Waals surface area contributed by atoms with Crippen LogP contribution in [0.25, 0.3) is 15.9 Å². The molecule has 8 heteroatoms. The summed E-state index contributed by atoms with van der Waals surface area (Å²) < 4.78 is 1.65. The number of thiophene rings is 1. The zero-order valence-corrected chi connectivity index (χ0v) is 21.3. The molecule has 0 saturated carbocycles. The highest BCUT2D eigenvalue weighted by Crippen LogP contribution is 2.37. The van der Waals surface area contributed by atoms with Gasteiger partial charge in [-0.15, -0.1) is 11.3 Å². The molecule has 34 heavy (non-hydrogen) atoms. The molecular weight excluding hydrogens is 486 g/mol. The highest BCUT2D eigenvalue weighted by Gasteiger charge is 2.25. The van der Waals surface area contributed by atoms with Crippen molar-refractivity contribution in [3.05, 3.63) is 79.9 Å². The molecule has 174 valence electrons. The van der Waals surface area contributed by atoms with E-state index in [4.69, 9.17) is 16.6 Å². The predicted molar refractivity (Wildman–Crippen MR) is 142 cm³/mol. The lowest BCUT2D eigenvalue weighted by Crippen LogP contribution is -2.23. The second-order valence-corrected chi connectivity index (χ2v) is 11.1. The SMILES string of the molecule is Cc1c(Cl)cccc1NC(=O)CSc1nc2sc3c(c2c(=O)n1-c1ccccc1)CCC(C)C3. The maximum Gasteiger partial charge on any atom is 0.267 e. The van der Waals surface area contributed by atoms with Crippen LogP contribution in [0, 0.1) is 12.8 Å². The van der Waals surface area contributed by atoms with Crippen LogP contribution in [0.15, 0.2) is 58.5 Å². The molecule has 1 atom stereocenters. The van der Waals surface area contributed by atoms with E-state index < -0.39 is 0 Å². The minimum absolute atomic E-state index is 0.0585. The fourth-order valence-electron chi connectivity index (χ4n) is 4.33. The summed E-state index contributed by atoms with van der Waals surface area (Å²) in [6.45, 7) is 4.12. The monoisotopic (exact) mass is 509 g/mol. The van der Waals surface area contributed by atoms with Crippen LogP contribution in [-0.4, -0.2) is 21.2 Å². The number of fused-ring (bicyclic) bond motifs is 3. The van der Waals surface area contributed by atoms with Gasteiger partial charge in [-0.25, -0.2) is 4.98 Å². The van der Waals surface area contributed by atoms with Gasteiger partial charge in [0.05, 0.1) is 16.8 Å². The number of nitrogens with zero attached hydrogens (tertiary/aromatic N) is 2. The van der Waals surface area contributed by atoms with Crippen molar-refractivity contribution in [1.29, 1.82) is 0 Å². The summed E-state index contributed by atoms with van der Waals surface area (Å²) in [7, 11) is 0. The van der Waals surface area contributed by atoms with E-state index in [1.807, 2.05) is 43.3 Å². The van der Waals surface area contributed by atoms with Gasteiger partial charge in [-0.2, -0.15) is 0 Å². The number of aryl methyl sites for hydroxylation is 1. The molecule has 0 bridgehead atoms. The van der Waals surface area contributed by atoms with Crippen molar-refractivity contribution in [2.75, 3.05) is 11.1 Å². The van der Waals surface area contributed by atoms with Crippen LogP contribution in [0.3, 0.4) is 0 Å². The highest BCUT2D eigenvalue weighted by atomic mass is 35.5. The van der Waals surface area contributed by atoms with Crippen LogP contribution in [0.4, 0.5) is 5.69 Å². The fourth-order valence-corrected chi connectivity index (χ4v) is 6.74. The first-order valence-corrected chi connectivity index (χ1v) is 13.4. The van der Waals surface area contributed by atoms with E-state index in [1.165, 1.54) is 16.6 Å². The average molecular weight is 510 g/mol. The summed E-state index contributed by atoms with van der Waals surface area (Å²) in [4.78, 5) is 33.5. The minimum atomic E-state index is -0.177. The van der Waals surface area contributed by atoms with Crippen molar-refractivity contribution in [3.63, 3.8) is 0 Å². The average Bonchev–Trinajstić information content (AvgIpc) is 3.19. The van der Waals surface area contributed by atoms with Gasteiger partial charge in [0.15, 0.2) is 5.16 Å². The Bertz CT molecular complexity index is 1450. The van der Waals surface area contributed by atoms with Crippen molar-refractivity contribution in [3.8, 4) is 5.69 Å². The lowest BCUT2D eigenvalue weighted by atomic mass is 9.89. The molecule has 0 fully saturated rings. The molecule has 2 aromatic heterocycles. The standard InChI is InChI=1S/C26H24ClN3O2S2/c1-15-11-12-18-21(13-15)34-24-23(18)25(32)30(17-7-4-3-5-8-17)26(29-24)33-14-22(31)28-20-10-6-9-19(27)16(20)2/h3-10,15H,11-14H2,1-2H3,(H,28,31). The maximum absolute atomic E-state index is 13.8. The molecule has 0 radical (unpaired) electrons. The Balaban J connectivity index is 1.51. The first-order chi connectivity index (χ1) is 16.4. The summed E-state index contributed by atoms with van der Waals surface area (Å²) >= 11 is 9.07. The van der Waals surface area contributed by atoms with Crippen LogP contribution in [-0.2, 0) is 17.6 Å². The quantitative estimate of drug-likeness (QED) is 0.254. The molecule has 0 aliphatic heterocycles. The third-order valence-electron chi connectivity index (χ3n) is 6.19. The molecule has 1 aliphatic carbocycles. The van der Waals surface area contributed by atoms with Gasteiger partial charge >= 0.3 is 0 Å². The van der Waals surface area contributed by atoms with Gasteiger partial charge in [-0.1, -0.05) is 54.6 Å². The van der Waals surface area contributed by atoms with Gasteiger partial charge in [0.2, 0.25) is 5.91 Å². The largest absolute Gasteiger partial charge is 0.325 e. The zero-order valence-electron chi connectivity index (χ0n) is 18.9. The van der Waals surface area contributed by atoms with Gasteiger partial charge in [0.1, 0.15) is 4.83 Å². The topological polar surface area (TPSA) is 64.0 Å². The molecule has 2 aromatic carbocycles. The second kappa shape index (κ2) is 9.56. The number of thioether (sulfide) groups is 1. The number of para-hydroxylation sites is 1. The van der Waals surface area contributed by atoms with E-state index in [1.54, 1.807) is 28.0 Å². The predicted octanol–water partition coefficient (Wildman–Crippen LogP) is 6.26. The number of hydrogen-bond acceptors (Lipinski definition) is 5. The molecule has 1 N–H and O–H groups in total. The number of nitrogens with one attached hydrogen (secondary N) is 1. The lowest BCUT2D eigenvalue weighted by molar-refractivity contribution is -0.113. The molecule has 0 saturated heterocycles. The molecular formula is C26H24ClN3O2S2. The molecule has 1 amide bonds. The number of benzene rings is 2. The first kappa shape index (κ1) is 23.1. The summed E-state index contributed by atoms with van der Waals surface area (Å²) in [5.41, 5.74) is 3.35. The van der Waals surface area contributed by atoms with E-state index in [9.17, 15) is 9.59 Å². The number of carbonyl (C=O) groups excluding carboxylic acids is 1. The van der Waals surface area contributed by atoms with Crippen LogP contribution in [0.5, 0.6) is 0 Å². The van der Waals surface area contributed by atoms with Crippen LogP contribution in [0.1, 0.15) is 29.3 Å². The Hall–Kier alpha value is -2.61. The smallest absolute Gasteiger partial charge is 0.267 e. The van der Waals surface area contributed by atoms with Crippen molar-refractivity contribution >= 4 is 56.5 Å². The number of halogens is 1. The molecule has 5 nitrogen and oxygen atoms in total. The molecule has 2 heterocycles. The van der Waals surface area contributed by atoms with Crippen molar-refractivity contribution in [2.24, 2.45) is 5.92 Å². The van der Waals surface area contributed by atoms with Crippen LogP contribution < -0.4 is 10.9 Å². The van der Waals surface area contributed by atoms with Crippen molar-refractivity contribution in [2.45, 2.75) is 38.3 Å². The molecule has 4 aromatic rings. The van der Waals surface area contributed by atoms with E-state index in [-0.39, 0.29) is 17.2 Å². The molecule has 5 rings (SSSR count). The van der Waals surface area contributed by atoms with Gasteiger partial charge in [-0.3, -0.25) is 14.2 Å². The highest BCUT2D eigenvalue weighted by molar-refractivity contribution is 7.99. The maximum atomic E-state index is 13.8. The van der Waals surface area contributed by atoms with Crippen molar-refractivity contribution in [1.82, 2.24) is 9.55 Å². The zero-order chi connectivity index (χ0) is 23.8. The number of anilines is 1. The number of aromatic nitrogens is 2. The number of carbonyl (C=O) groups is 1. The van der Waals surface area contributed by atoms with Gasteiger partial charge in [0, 0.05) is 15.6 Å². The van der Waals surface area contributed by atoms with E-state index in [0.29, 0.717) is 21.8 Å². The number of hydrogen-bond donors (Lipinski definition) is 1. The van der Waals surface area contributed by atoms with Gasteiger partial charge in [-0.05, 0) is 67.5 Å². The van der Waals surface area contributed by atoms with E-state index in [0.717, 1.165) is 46.3 Å². The normalized spacial score (nSPS) is 15.3. The third kappa shape index (κ3) is 4.40. The Morgan fingerprint density at radius 1 is 1.24 bits per heavy atom. The summed E-state index contributed by atoms with van der Waals surface area (Å²) in [6, 6.07) is 14.9. The first-order valence-electron chi connectivity index (χ1n) is 11.2. The minimum Gasteiger partial charge on any atom is -0.325 e. The Labute approximate surface area is 211 Å². The van der Waals surface area contributed by atoms with Crippen LogP contribution >= 0.6 is 34.7 Å². The molecule has 1 unspecified atom stereocenters. The van der Waals surface area contributed by atoms with Gasteiger partial charge in [0.25, 0.3) is 5.56 Å². The fraction of sp³-hybridized carbons (Fsp3) is 0.269. The summed E-state index contributed by atoms with van der Waals surface area (Å²) in [5, 5.41) is 4.78. The summed E-state index contributed by atoms with van der Waals surface area (Å²) in [6.07, 6.45) is 2.99. The van der Waals surface area contributed by atoms with E-state index >= 15 is 0 Å². The number of amides is 1. The Morgan fingerprint density at radius 3 is 2.82 bits per heavy atom. The van der Waals surface area contributed by atoms with Crippen molar-refractivity contribution < 1.29 is 4.79 Å². The molecule has 0 spiro atoms. The summed E-state index contributed by atoms with van der Waals surface area (Å²) in [5.74, 6) is 0.562. The Kier molecular flexibility index (Phi) is 6.51.